The van der Waals surface area contributed by atoms with E-state index in [2.05, 4.69) is 10.3 Å². The molecule has 1 amide bonds. The van der Waals surface area contributed by atoms with Crippen molar-refractivity contribution < 1.29 is 9.18 Å². The van der Waals surface area contributed by atoms with Gasteiger partial charge in [-0.05, 0) is 11.6 Å². The highest BCUT2D eigenvalue weighted by molar-refractivity contribution is 5.77. The average Bonchev–Trinajstić information content (AvgIpc) is 2.14. The number of pyridine rings is 1. The molecule has 1 aromatic heterocycles. The monoisotopic (exact) mass is 196 g/mol. The zero-order valence-corrected chi connectivity index (χ0v) is 8.25. The molecule has 0 aromatic carbocycles. The summed E-state index contributed by atoms with van der Waals surface area (Å²) in [7, 11) is 0. The fraction of sp³-hybridized carbons (Fsp3) is 0.400. The number of nitrogens with zero attached hydrogens (tertiary/aromatic N) is 1. The lowest BCUT2D eigenvalue weighted by atomic mass is 10.2. The van der Waals surface area contributed by atoms with Crippen LogP contribution in [0.15, 0.2) is 18.5 Å². The SMILES string of the molecule is CC(C)C(=O)NCc1cncc(F)c1. The Labute approximate surface area is 82.4 Å². The van der Waals surface area contributed by atoms with E-state index in [0.717, 1.165) is 6.20 Å². The fourth-order valence-electron chi connectivity index (χ4n) is 0.946. The predicted molar refractivity (Wildman–Crippen MR) is 50.9 cm³/mol. The number of nitrogens with one attached hydrogen (secondary N) is 1. The molecule has 0 aliphatic rings. The number of amides is 1. The molecule has 0 bridgehead atoms. The van der Waals surface area contributed by atoms with Crippen LogP contribution in [0.2, 0.25) is 0 Å². The summed E-state index contributed by atoms with van der Waals surface area (Å²) in [6, 6.07) is 1.35. The van der Waals surface area contributed by atoms with Crippen LogP contribution in [0.1, 0.15) is 19.4 Å². The fourth-order valence-corrected chi connectivity index (χ4v) is 0.946. The summed E-state index contributed by atoms with van der Waals surface area (Å²) in [4.78, 5) is 14.9. The third-order valence-corrected chi connectivity index (χ3v) is 1.75. The van der Waals surface area contributed by atoms with Crippen molar-refractivity contribution in [2.45, 2.75) is 20.4 Å². The highest BCUT2D eigenvalue weighted by atomic mass is 19.1. The van der Waals surface area contributed by atoms with Crippen molar-refractivity contribution in [3.63, 3.8) is 0 Å². The van der Waals surface area contributed by atoms with Gasteiger partial charge in [0, 0.05) is 18.7 Å². The normalized spacial score (nSPS) is 10.3. The van der Waals surface area contributed by atoms with Crippen LogP contribution < -0.4 is 5.32 Å². The molecule has 1 N–H and O–H groups in total. The Kier molecular flexibility index (Phi) is 3.56. The Morgan fingerprint density at radius 1 is 1.57 bits per heavy atom. The van der Waals surface area contributed by atoms with E-state index in [-0.39, 0.29) is 17.6 Å². The summed E-state index contributed by atoms with van der Waals surface area (Å²) in [5, 5.41) is 2.68. The van der Waals surface area contributed by atoms with Gasteiger partial charge in [-0.25, -0.2) is 4.39 Å². The van der Waals surface area contributed by atoms with Crippen molar-refractivity contribution in [1.82, 2.24) is 10.3 Å². The molecule has 0 unspecified atom stereocenters. The third kappa shape index (κ3) is 3.12. The molecule has 3 nitrogen and oxygen atoms in total. The highest BCUT2D eigenvalue weighted by Gasteiger charge is 2.05. The first-order valence-corrected chi connectivity index (χ1v) is 4.46. The van der Waals surface area contributed by atoms with Crippen molar-refractivity contribution in [2.24, 2.45) is 5.92 Å². The molecule has 0 radical (unpaired) electrons. The van der Waals surface area contributed by atoms with Gasteiger partial charge < -0.3 is 5.32 Å². The number of hydrogen-bond acceptors (Lipinski definition) is 2. The first-order valence-electron chi connectivity index (χ1n) is 4.46. The number of halogens is 1. The standard InChI is InChI=1S/C10H13FN2O/c1-7(2)10(14)13-5-8-3-9(11)6-12-4-8/h3-4,6-7H,5H2,1-2H3,(H,13,14). The maximum atomic E-state index is 12.7. The number of carbonyl (C=O) groups is 1. The Bertz CT molecular complexity index is 326. The quantitative estimate of drug-likeness (QED) is 0.795. The van der Waals surface area contributed by atoms with Crippen LogP contribution in [0.25, 0.3) is 0 Å². The second-order valence-electron chi connectivity index (χ2n) is 3.38. The Hall–Kier alpha value is -1.45. The van der Waals surface area contributed by atoms with E-state index in [0.29, 0.717) is 12.1 Å². The molecule has 0 aliphatic carbocycles. The van der Waals surface area contributed by atoms with E-state index in [1.807, 2.05) is 0 Å². The first-order chi connectivity index (χ1) is 6.59. The molecular formula is C10H13FN2O. The Morgan fingerprint density at radius 2 is 2.29 bits per heavy atom. The zero-order chi connectivity index (χ0) is 10.6. The lowest BCUT2D eigenvalue weighted by Crippen LogP contribution is -2.27. The second-order valence-corrected chi connectivity index (χ2v) is 3.38. The molecule has 0 atom stereocenters. The minimum atomic E-state index is -0.388. The summed E-state index contributed by atoms with van der Waals surface area (Å²) >= 11 is 0. The smallest absolute Gasteiger partial charge is 0.222 e. The Morgan fingerprint density at radius 3 is 2.86 bits per heavy atom. The lowest BCUT2D eigenvalue weighted by Gasteiger charge is -2.06. The molecule has 76 valence electrons. The van der Waals surface area contributed by atoms with Gasteiger partial charge in [-0.15, -0.1) is 0 Å². The summed E-state index contributed by atoms with van der Waals surface area (Å²) < 4.78 is 12.7. The molecule has 14 heavy (non-hydrogen) atoms. The minimum Gasteiger partial charge on any atom is -0.352 e. The lowest BCUT2D eigenvalue weighted by molar-refractivity contribution is -0.124. The molecular weight excluding hydrogens is 183 g/mol. The van der Waals surface area contributed by atoms with E-state index in [4.69, 9.17) is 0 Å². The largest absolute Gasteiger partial charge is 0.352 e. The molecule has 0 fully saturated rings. The van der Waals surface area contributed by atoms with Crippen LogP contribution in [0, 0.1) is 11.7 Å². The number of rotatable bonds is 3. The molecule has 0 saturated heterocycles. The Balaban J connectivity index is 2.50. The van der Waals surface area contributed by atoms with Gasteiger partial charge in [0.15, 0.2) is 0 Å². The van der Waals surface area contributed by atoms with Gasteiger partial charge >= 0.3 is 0 Å². The maximum Gasteiger partial charge on any atom is 0.222 e. The van der Waals surface area contributed by atoms with Crippen LogP contribution in [-0.2, 0) is 11.3 Å². The van der Waals surface area contributed by atoms with Crippen molar-refractivity contribution >= 4 is 5.91 Å². The zero-order valence-electron chi connectivity index (χ0n) is 8.25. The molecule has 1 heterocycles. The van der Waals surface area contributed by atoms with E-state index in [1.165, 1.54) is 12.3 Å². The third-order valence-electron chi connectivity index (χ3n) is 1.75. The highest BCUT2D eigenvalue weighted by Crippen LogP contribution is 2.00. The summed E-state index contributed by atoms with van der Waals surface area (Å²) in [5.41, 5.74) is 0.666. The number of hydrogen-bond donors (Lipinski definition) is 1. The summed E-state index contributed by atoms with van der Waals surface area (Å²) in [6.07, 6.45) is 2.66. The summed E-state index contributed by atoms with van der Waals surface area (Å²) in [5.74, 6) is -0.493. The molecule has 0 spiro atoms. The van der Waals surface area contributed by atoms with Crippen LogP contribution in [0.5, 0.6) is 0 Å². The summed E-state index contributed by atoms with van der Waals surface area (Å²) in [6.45, 7) is 3.93. The van der Waals surface area contributed by atoms with E-state index >= 15 is 0 Å². The van der Waals surface area contributed by atoms with Gasteiger partial charge in [-0.3, -0.25) is 9.78 Å². The first kappa shape index (κ1) is 10.6. The minimum absolute atomic E-state index is 0.0470. The van der Waals surface area contributed by atoms with Crippen LogP contribution in [0.3, 0.4) is 0 Å². The maximum absolute atomic E-state index is 12.7. The molecule has 1 rings (SSSR count). The van der Waals surface area contributed by atoms with E-state index in [1.54, 1.807) is 13.8 Å². The van der Waals surface area contributed by atoms with Crippen molar-refractivity contribution in [3.05, 3.63) is 29.8 Å². The van der Waals surface area contributed by atoms with Gasteiger partial charge in [0.2, 0.25) is 5.91 Å². The van der Waals surface area contributed by atoms with Gasteiger partial charge in [0.25, 0.3) is 0 Å². The number of carbonyl (C=O) groups excluding carboxylic acids is 1. The molecule has 0 saturated carbocycles. The van der Waals surface area contributed by atoms with Crippen molar-refractivity contribution in [2.75, 3.05) is 0 Å². The van der Waals surface area contributed by atoms with Crippen LogP contribution in [0.4, 0.5) is 4.39 Å². The van der Waals surface area contributed by atoms with Crippen LogP contribution >= 0.6 is 0 Å². The molecule has 1 aromatic rings. The second kappa shape index (κ2) is 4.69. The van der Waals surface area contributed by atoms with Gasteiger partial charge in [0.05, 0.1) is 6.20 Å². The van der Waals surface area contributed by atoms with E-state index < -0.39 is 0 Å². The predicted octanol–water partition coefficient (Wildman–Crippen LogP) is 1.49. The van der Waals surface area contributed by atoms with Gasteiger partial charge in [0.1, 0.15) is 5.82 Å². The molecule has 0 aliphatic heterocycles. The van der Waals surface area contributed by atoms with Crippen molar-refractivity contribution in [3.8, 4) is 0 Å². The van der Waals surface area contributed by atoms with E-state index in [9.17, 15) is 9.18 Å². The average molecular weight is 196 g/mol. The molecule has 4 heteroatoms. The van der Waals surface area contributed by atoms with Gasteiger partial charge in [-0.2, -0.15) is 0 Å². The topological polar surface area (TPSA) is 42.0 Å². The van der Waals surface area contributed by atoms with Crippen molar-refractivity contribution in [1.29, 1.82) is 0 Å². The van der Waals surface area contributed by atoms with Gasteiger partial charge in [-0.1, -0.05) is 13.8 Å². The van der Waals surface area contributed by atoms with Crippen LogP contribution in [-0.4, -0.2) is 10.9 Å². The number of aromatic nitrogens is 1.